The van der Waals surface area contributed by atoms with Crippen LogP contribution >= 0.6 is 7.82 Å². The van der Waals surface area contributed by atoms with Gasteiger partial charge in [0.2, 0.25) is 0 Å². The Morgan fingerprint density at radius 1 is 0.588 bits per heavy atom. The molecular weight excluding hydrogens is 665 g/mol. The predicted molar refractivity (Wildman–Crippen MR) is 211 cm³/mol. The van der Waals surface area contributed by atoms with Crippen LogP contribution in [-0.2, 0) is 32.7 Å². The van der Waals surface area contributed by atoms with Crippen LogP contribution in [0.25, 0.3) is 0 Å². The van der Waals surface area contributed by atoms with Crippen LogP contribution < -0.4 is 0 Å². The lowest BCUT2D eigenvalue weighted by molar-refractivity contribution is -0.870. The Hall–Kier alpha value is -1.25. The second-order valence-corrected chi connectivity index (χ2v) is 16.8. The van der Waals surface area contributed by atoms with Gasteiger partial charge in [0, 0.05) is 12.8 Å². The number of carbonyl (C=O) groups is 2. The number of phosphoric acid groups is 1. The van der Waals surface area contributed by atoms with Gasteiger partial charge in [0.05, 0.1) is 27.7 Å². The Balaban J connectivity index is 4.36. The van der Waals surface area contributed by atoms with Crippen LogP contribution in [0.5, 0.6) is 0 Å². The molecule has 9 nitrogen and oxygen atoms in total. The lowest BCUT2D eigenvalue weighted by Gasteiger charge is -2.24. The minimum absolute atomic E-state index is 0.0330. The van der Waals surface area contributed by atoms with E-state index in [9.17, 15) is 19.0 Å². The Bertz CT molecular complexity index is 891. The number of likely N-dealkylation sites (N-methyl/N-ethyl adjacent to an activating group) is 1. The number of phosphoric ester groups is 1. The first kappa shape index (κ1) is 49.8. The van der Waals surface area contributed by atoms with Crippen molar-refractivity contribution in [3.63, 3.8) is 0 Å². The summed E-state index contributed by atoms with van der Waals surface area (Å²) in [5, 5.41) is 0. The van der Waals surface area contributed by atoms with Crippen LogP contribution in [0.4, 0.5) is 0 Å². The molecule has 0 rings (SSSR count). The van der Waals surface area contributed by atoms with E-state index in [1.54, 1.807) is 0 Å². The van der Waals surface area contributed by atoms with E-state index in [1.807, 2.05) is 21.1 Å². The fraction of sp³-hybridized carbons (Fsp3) is 0.902. The summed E-state index contributed by atoms with van der Waals surface area (Å²) in [6, 6.07) is 0. The van der Waals surface area contributed by atoms with E-state index in [1.165, 1.54) is 103 Å². The highest BCUT2D eigenvalue weighted by Crippen LogP contribution is 2.43. The van der Waals surface area contributed by atoms with Crippen molar-refractivity contribution in [3.05, 3.63) is 12.2 Å². The van der Waals surface area contributed by atoms with Gasteiger partial charge in [-0.2, -0.15) is 0 Å². The molecule has 1 N–H and O–H groups in total. The summed E-state index contributed by atoms with van der Waals surface area (Å²) in [6.07, 6.45) is 33.9. The first-order chi connectivity index (χ1) is 24.5. The average Bonchev–Trinajstić information content (AvgIpc) is 3.07. The molecule has 0 aromatic heterocycles. The van der Waals surface area contributed by atoms with Crippen molar-refractivity contribution < 1.29 is 42.1 Å². The number of nitrogens with zero attached hydrogens (tertiary/aromatic N) is 1. The van der Waals surface area contributed by atoms with Gasteiger partial charge in [-0.3, -0.25) is 18.6 Å². The van der Waals surface area contributed by atoms with Crippen molar-refractivity contribution >= 4 is 19.8 Å². The third-order valence-corrected chi connectivity index (χ3v) is 10.0. The maximum atomic E-state index is 12.6. The first-order valence-electron chi connectivity index (χ1n) is 20.9. The van der Waals surface area contributed by atoms with Crippen LogP contribution in [0.15, 0.2) is 12.2 Å². The Morgan fingerprint density at radius 2 is 1.00 bits per heavy atom. The van der Waals surface area contributed by atoms with Gasteiger partial charge in [-0.25, -0.2) is 4.57 Å². The third kappa shape index (κ3) is 38.3. The number of esters is 2. The van der Waals surface area contributed by atoms with Crippen molar-refractivity contribution in [2.24, 2.45) is 0 Å². The molecule has 10 heteroatoms. The monoisotopic (exact) mass is 747 g/mol. The van der Waals surface area contributed by atoms with Gasteiger partial charge in [0.1, 0.15) is 19.8 Å². The Labute approximate surface area is 314 Å². The summed E-state index contributed by atoms with van der Waals surface area (Å²) < 4.78 is 34.2. The molecule has 302 valence electrons. The first-order valence-corrected chi connectivity index (χ1v) is 22.4. The van der Waals surface area contributed by atoms with E-state index in [2.05, 4.69) is 26.0 Å². The number of carbonyl (C=O) groups excluding carboxylic acids is 2. The van der Waals surface area contributed by atoms with Crippen molar-refractivity contribution in [1.29, 1.82) is 0 Å². The molecule has 0 aliphatic heterocycles. The van der Waals surface area contributed by atoms with Crippen molar-refractivity contribution in [1.82, 2.24) is 0 Å². The molecule has 51 heavy (non-hydrogen) atoms. The topological polar surface area (TPSA) is 108 Å². The number of quaternary nitrogens is 1. The highest BCUT2D eigenvalue weighted by molar-refractivity contribution is 7.47. The zero-order valence-electron chi connectivity index (χ0n) is 33.9. The Morgan fingerprint density at radius 3 is 1.49 bits per heavy atom. The number of hydrogen-bond acceptors (Lipinski definition) is 7. The highest BCUT2D eigenvalue weighted by Gasteiger charge is 2.27. The molecule has 0 amide bonds. The molecule has 0 aliphatic carbocycles. The molecule has 0 aromatic carbocycles. The van der Waals surface area contributed by atoms with E-state index >= 15 is 0 Å². The molecule has 2 atom stereocenters. The van der Waals surface area contributed by atoms with Crippen molar-refractivity contribution in [2.45, 2.75) is 193 Å². The summed E-state index contributed by atoms with van der Waals surface area (Å²) in [5.41, 5.74) is 0. The number of ether oxygens (including phenoxy) is 2. The van der Waals surface area contributed by atoms with Gasteiger partial charge in [0.25, 0.3) is 0 Å². The standard InChI is InChI=1S/C41H80NO8P/c1-6-8-10-12-14-16-18-20-21-22-24-25-27-29-31-33-40(43)47-37-39(38-49-51(45,46)48-36-35-42(3,4)5)50-41(44)34-32-30-28-26-23-19-17-15-13-11-9-7-2/h15,17,39H,6-14,16,18-38H2,1-5H3/p+1/b17-15-/t39-/m1/s1. The molecule has 1 unspecified atom stereocenters. The average molecular weight is 747 g/mol. The number of rotatable bonds is 38. The van der Waals surface area contributed by atoms with E-state index in [0.717, 1.165) is 51.4 Å². The largest absolute Gasteiger partial charge is 0.472 e. The molecule has 0 heterocycles. The zero-order valence-corrected chi connectivity index (χ0v) is 34.7. The second-order valence-electron chi connectivity index (χ2n) is 15.4. The number of unbranched alkanes of at least 4 members (excludes halogenated alkanes) is 22. The second kappa shape index (κ2) is 34.5. The van der Waals surface area contributed by atoms with Crippen LogP contribution in [0.2, 0.25) is 0 Å². The van der Waals surface area contributed by atoms with E-state index in [-0.39, 0.29) is 25.6 Å². The fourth-order valence-corrected chi connectivity index (χ4v) is 6.46. The molecule has 0 saturated carbocycles. The SMILES string of the molecule is CCCCC/C=C\CCCCCCCC(=O)O[C@H](COC(=O)CCCCCCCCCCCCCCCCC)COP(=O)(O)OCC[N+](C)(C)C. The summed E-state index contributed by atoms with van der Waals surface area (Å²) >= 11 is 0. The van der Waals surface area contributed by atoms with Crippen LogP contribution in [0.1, 0.15) is 187 Å². The highest BCUT2D eigenvalue weighted by atomic mass is 31.2. The van der Waals surface area contributed by atoms with Crippen LogP contribution in [-0.4, -0.2) is 74.9 Å². The summed E-state index contributed by atoms with van der Waals surface area (Å²) in [7, 11) is 1.48. The zero-order chi connectivity index (χ0) is 37.9. The number of hydrogen-bond donors (Lipinski definition) is 1. The van der Waals surface area contributed by atoms with Gasteiger partial charge in [0.15, 0.2) is 6.10 Å². The smallest absolute Gasteiger partial charge is 0.462 e. The lowest BCUT2D eigenvalue weighted by Crippen LogP contribution is -2.37. The molecule has 0 fully saturated rings. The van der Waals surface area contributed by atoms with Gasteiger partial charge >= 0.3 is 19.8 Å². The van der Waals surface area contributed by atoms with Crippen molar-refractivity contribution in [3.8, 4) is 0 Å². The van der Waals surface area contributed by atoms with Crippen molar-refractivity contribution in [2.75, 3.05) is 47.5 Å². The molecule has 0 radical (unpaired) electrons. The molecule has 0 saturated heterocycles. The van der Waals surface area contributed by atoms with Crippen LogP contribution in [0, 0.1) is 0 Å². The third-order valence-electron chi connectivity index (χ3n) is 9.05. The quantitative estimate of drug-likeness (QED) is 0.0219. The molecule has 0 aromatic rings. The van der Waals surface area contributed by atoms with Gasteiger partial charge in [-0.15, -0.1) is 0 Å². The maximum Gasteiger partial charge on any atom is 0.472 e. The summed E-state index contributed by atoms with van der Waals surface area (Å²) in [6.45, 7) is 4.40. The predicted octanol–water partition coefficient (Wildman–Crippen LogP) is 11.4. The molecule has 0 spiro atoms. The van der Waals surface area contributed by atoms with Gasteiger partial charge < -0.3 is 18.9 Å². The van der Waals surface area contributed by atoms with E-state index in [0.29, 0.717) is 23.9 Å². The summed E-state index contributed by atoms with van der Waals surface area (Å²) in [4.78, 5) is 35.2. The van der Waals surface area contributed by atoms with Gasteiger partial charge in [-0.1, -0.05) is 148 Å². The summed E-state index contributed by atoms with van der Waals surface area (Å²) in [5.74, 6) is -0.802. The van der Waals surface area contributed by atoms with E-state index < -0.39 is 26.5 Å². The van der Waals surface area contributed by atoms with Gasteiger partial charge in [-0.05, 0) is 38.5 Å². The van der Waals surface area contributed by atoms with E-state index in [4.69, 9.17) is 18.5 Å². The Kier molecular flexibility index (Phi) is 33.7. The lowest BCUT2D eigenvalue weighted by atomic mass is 10.0. The van der Waals surface area contributed by atoms with Crippen LogP contribution in [0.3, 0.4) is 0 Å². The number of allylic oxidation sites excluding steroid dienone is 2. The molecule has 0 bridgehead atoms. The minimum Gasteiger partial charge on any atom is -0.462 e. The normalized spacial score (nSPS) is 13.8. The maximum absolute atomic E-state index is 12.6. The fourth-order valence-electron chi connectivity index (χ4n) is 5.71. The molecule has 0 aliphatic rings. The minimum atomic E-state index is -4.37. The molecular formula is C41H81NO8P+.